The summed E-state index contributed by atoms with van der Waals surface area (Å²) in [7, 11) is 1.76. The van der Waals surface area contributed by atoms with E-state index in [0.29, 0.717) is 5.92 Å². The van der Waals surface area contributed by atoms with Gasteiger partial charge in [0.2, 0.25) is 0 Å². The molecule has 0 N–H and O–H groups in total. The summed E-state index contributed by atoms with van der Waals surface area (Å²) in [5.74, 6) is 0.653. The fourth-order valence-electron chi connectivity index (χ4n) is 1.26. The molecule has 11 heavy (non-hydrogen) atoms. The zero-order valence-electron chi connectivity index (χ0n) is 8.26. The Kier molecular flexibility index (Phi) is 6.57. The van der Waals surface area contributed by atoms with Gasteiger partial charge in [0, 0.05) is 20.3 Å². The number of rotatable bonds is 6. The summed E-state index contributed by atoms with van der Waals surface area (Å²) in [6.07, 6.45) is 0. The fourth-order valence-corrected chi connectivity index (χ4v) is 1.26. The molecule has 1 unspecified atom stereocenters. The second-order valence-electron chi connectivity index (χ2n) is 3.05. The normalized spacial score (nSPS) is 13.9. The summed E-state index contributed by atoms with van der Waals surface area (Å²) in [6, 6.07) is 0. The highest BCUT2D eigenvalue weighted by atomic mass is 16.5. The topological polar surface area (TPSA) is 12.5 Å². The minimum Gasteiger partial charge on any atom is -0.384 e. The average molecular weight is 159 g/mol. The number of hydrogen-bond donors (Lipinski definition) is 0. The molecule has 0 fully saturated rings. The maximum absolute atomic E-state index is 5.07. The monoisotopic (exact) mass is 159 g/mol. The summed E-state index contributed by atoms with van der Waals surface area (Å²) in [5.41, 5.74) is 0. The molecule has 0 aromatic carbocycles. The summed E-state index contributed by atoms with van der Waals surface area (Å²) < 4.78 is 5.07. The molecule has 0 saturated heterocycles. The van der Waals surface area contributed by atoms with Gasteiger partial charge in [-0.05, 0) is 19.0 Å². The van der Waals surface area contributed by atoms with Crippen molar-refractivity contribution in [2.24, 2.45) is 5.92 Å². The van der Waals surface area contributed by atoms with E-state index in [1.54, 1.807) is 7.11 Å². The van der Waals surface area contributed by atoms with E-state index in [1.165, 1.54) is 0 Å². The van der Waals surface area contributed by atoms with Crippen LogP contribution in [0, 0.1) is 5.92 Å². The first-order valence-corrected chi connectivity index (χ1v) is 4.45. The summed E-state index contributed by atoms with van der Waals surface area (Å²) in [6.45, 7) is 10.9. The molecule has 0 radical (unpaired) electrons. The van der Waals surface area contributed by atoms with Gasteiger partial charge >= 0.3 is 0 Å². The van der Waals surface area contributed by atoms with E-state index in [9.17, 15) is 0 Å². The Bertz CT molecular complexity index is 81.6. The smallest absolute Gasteiger partial charge is 0.0500 e. The maximum atomic E-state index is 5.07. The summed E-state index contributed by atoms with van der Waals surface area (Å²) in [5, 5.41) is 0. The predicted molar refractivity (Wildman–Crippen MR) is 48.8 cm³/mol. The minimum atomic E-state index is 0.653. The van der Waals surface area contributed by atoms with Crippen LogP contribution >= 0.6 is 0 Å². The SMILES string of the molecule is CCN(CC)CC(C)COC. The fraction of sp³-hybridized carbons (Fsp3) is 1.00. The standard InChI is InChI=1S/C9H21NO/c1-5-10(6-2)7-9(3)8-11-4/h9H,5-8H2,1-4H3. The van der Waals surface area contributed by atoms with E-state index in [0.717, 1.165) is 26.2 Å². The number of ether oxygens (including phenoxy) is 1. The first kappa shape index (κ1) is 10.9. The van der Waals surface area contributed by atoms with Gasteiger partial charge < -0.3 is 9.64 Å². The molecule has 2 heteroatoms. The molecule has 0 saturated carbocycles. The van der Waals surface area contributed by atoms with Gasteiger partial charge in [-0.25, -0.2) is 0 Å². The summed E-state index contributed by atoms with van der Waals surface area (Å²) in [4.78, 5) is 2.42. The van der Waals surface area contributed by atoms with Crippen LogP contribution in [0.25, 0.3) is 0 Å². The second kappa shape index (κ2) is 6.62. The van der Waals surface area contributed by atoms with Gasteiger partial charge in [-0.3, -0.25) is 0 Å². The lowest BCUT2D eigenvalue weighted by atomic mass is 10.2. The average Bonchev–Trinajstić information content (AvgIpc) is 2.01. The molecule has 0 aromatic rings. The van der Waals surface area contributed by atoms with Crippen molar-refractivity contribution in [2.75, 3.05) is 33.4 Å². The molecule has 0 bridgehead atoms. The molecule has 1 atom stereocenters. The van der Waals surface area contributed by atoms with Crippen molar-refractivity contribution in [3.05, 3.63) is 0 Å². The highest BCUT2D eigenvalue weighted by molar-refractivity contribution is 4.58. The number of hydrogen-bond acceptors (Lipinski definition) is 2. The van der Waals surface area contributed by atoms with E-state index >= 15 is 0 Å². The lowest BCUT2D eigenvalue weighted by Crippen LogP contribution is -2.29. The van der Waals surface area contributed by atoms with Crippen molar-refractivity contribution in [1.29, 1.82) is 0 Å². The van der Waals surface area contributed by atoms with Gasteiger partial charge in [-0.2, -0.15) is 0 Å². The Balaban J connectivity index is 3.44. The molecule has 0 amide bonds. The van der Waals surface area contributed by atoms with Crippen LogP contribution in [0.5, 0.6) is 0 Å². The van der Waals surface area contributed by atoms with Gasteiger partial charge in [-0.15, -0.1) is 0 Å². The third-order valence-electron chi connectivity index (χ3n) is 1.92. The van der Waals surface area contributed by atoms with E-state index in [4.69, 9.17) is 4.74 Å². The number of nitrogens with zero attached hydrogens (tertiary/aromatic N) is 1. The van der Waals surface area contributed by atoms with Crippen LogP contribution in [-0.2, 0) is 4.74 Å². The van der Waals surface area contributed by atoms with E-state index in [-0.39, 0.29) is 0 Å². The lowest BCUT2D eigenvalue weighted by molar-refractivity contribution is 0.133. The van der Waals surface area contributed by atoms with Crippen molar-refractivity contribution >= 4 is 0 Å². The lowest BCUT2D eigenvalue weighted by Gasteiger charge is -2.21. The first-order chi connectivity index (χ1) is 5.24. The Hall–Kier alpha value is -0.0800. The van der Waals surface area contributed by atoms with Crippen molar-refractivity contribution in [3.8, 4) is 0 Å². The molecule has 68 valence electrons. The van der Waals surface area contributed by atoms with Crippen molar-refractivity contribution < 1.29 is 4.74 Å². The summed E-state index contributed by atoms with van der Waals surface area (Å²) >= 11 is 0. The second-order valence-corrected chi connectivity index (χ2v) is 3.05. The van der Waals surface area contributed by atoms with Crippen LogP contribution in [0.3, 0.4) is 0 Å². The molecule has 0 rings (SSSR count). The van der Waals surface area contributed by atoms with Crippen molar-refractivity contribution in [3.63, 3.8) is 0 Å². The minimum absolute atomic E-state index is 0.653. The highest BCUT2D eigenvalue weighted by Crippen LogP contribution is 1.99. The maximum Gasteiger partial charge on any atom is 0.0500 e. The van der Waals surface area contributed by atoms with Gasteiger partial charge in [-0.1, -0.05) is 20.8 Å². The van der Waals surface area contributed by atoms with Gasteiger partial charge in [0.15, 0.2) is 0 Å². The highest BCUT2D eigenvalue weighted by Gasteiger charge is 2.05. The van der Waals surface area contributed by atoms with E-state index in [2.05, 4.69) is 25.7 Å². The third kappa shape index (κ3) is 5.22. The molecule has 0 heterocycles. The molecular formula is C9H21NO. The molecule has 0 aliphatic rings. The largest absolute Gasteiger partial charge is 0.384 e. The van der Waals surface area contributed by atoms with Crippen LogP contribution < -0.4 is 0 Å². The van der Waals surface area contributed by atoms with Crippen LogP contribution in [0.1, 0.15) is 20.8 Å². The Morgan fingerprint density at radius 2 is 1.82 bits per heavy atom. The zero-order valence-corrected chi connectivity index (χ0v) is 8.26. The Morgan fingerprint density at radius 3 is 2.18 bits per heavy atom. The van der Waals surface area contributed by atoms with Crippen molar-refractivity contribution in [2.45, 2.75) is 20.8 Å². The van der Waals surface area contributed by atoms with E-state index in [1.807, 2.05) is 0 Å². The van der Waals surface area contributed by atoms with Gasteiger partial charge in [0.1, 0.15) is 0 Å². The van der Waals surface area contributed by atoms with Gasteiger partial charge in [0.05, 0.1) is 0 Å². The quantitative estimate of drug-likeness (QED) is 0.584. The number of methoxy groups -OCH3 is 1. The molecule has 0 aromatic heterocycles. The molecule has 0 spiro atoms. The van der Waals surface area contributed by atoms with Gasteiger partial charge in [0.25, 0.3) is 0 Å². The van der Waals surface area contributed by atoms with Crippen molar-refractivity contribution in [1.82, 2.24) is 4.90 Å². The van der Waals surface area contributed by atoms with Crippen LogP contribution in [0.4, 0.5) is 0 Å². The Morgan fingerprint density at radius 1 is 1.27 bits per heavy atom. The van der Waals surface area contributed by atoms with Crippen LogP contribution in [0.2, 0.25) is 0 Å². The molecular weight excluding hydrogens is 138 g/mol. The van der Waals surface area contributed by atoms with E-state index < -0.39 is 0 Å². The zero-order chi connectivity index (χ0) is 8.69. The molecule has 0 aliphatic heterocycles. The molecule has 0 aliphatic carbocycles. The molecule has 2 nitrogen and oxygen atoms in total. The third-order valence-corrected chi connectivity index (χ3v) is 1.92. The predicted octanol–water partition coefficient (Wildman–Crippen LogP) is 1.61. The van der Waals surface area contributed by atoms with Crippen LogP contribution in [0.15, 0.2) is 0 Å². The Labute approximate surface area is 70.5 Å². The van der Waals surface area contributed by atoms with Crippen LogP contribution in [-0.4, -0.2) is 38.3 Å². The first-order valence-electron chi connectivity index (χ1n) is 4.45.